The maximum absolute atomic E-state index is 8.49. The first-order valence-electron chi connectivity index (χ1n) is 4.82. The monoisotopic (exact) mass is 195 g/mol. The smallest absolute Gasteiger partial charge is 0.413 e. The van der Waals surface area contributed by atoms with Crippen molar-refractivity contribution in [3.05, 3.63) is 36.4 Å². The summed E-state index contributed by atoms with van der Waals surface area (Å²) in [5.74, 6) is 0. The molecule has 2 N–H and O–H groups in total. The second-order valence-corrected chi connectivity index (χ2v) is 2.72. The molecule has 1 aromatic rings. The van der Waals surface area contributed by atoms with E-state index in [1.54, 1.807) is 0 Å². The Hall–Kier alpha value is -0.835. The van der Waals surface area contributed by atoms with Gasteiger partial charge in [0.2, 0.25) is 0 Å². The van der Waals surface area contributed by atoms with Crippen LogP contribution in [0, 0.1) is 0 Å². The molecule has 0 spiro atoms. The molecule has 1 rings (SSSR count). The average molecular weight is 195 g/mol. The quantitative estimate of drug-likeness (QED) is 0.706. The average Bonchev–Trinajstić information content (AvgIpc) is 2.22. The molecule has 0 aliphatic carbocycles. The minimum Gasteiger partial charge on any atom is -0.413 e. The van der Waals surface area contributed by atoms with Gasteiger partial charge in [-0.15, -0.1) is 0 Å². The molecule has 14 heavy (non-hydrogen) atoms. The Bertz CT molecular complexity index is 176. The van der Waals surface area contributed by atoms with Gasteiger partial charge in [0, 0.05) is 0 Å². The molecule has 78 valence electrons. The number of rotatable bonds is 3. The van der Waals surface area contributed by atoms with Gasteiger partial charge in [0.15, 0.2) is 0 Å². The van der Waals surface area contributed by atoms with Crippen molar-refractivity contribution in [3.63, 3.8) is 0 Å². The third-order valence-corrected chi connectivity index (χ3v) is 1.81. The van der Waals surface area contributed by atoms with Crippen molar-refractivity contribution in [1.82, 2.24) is 4.81 Å². The van der Waals surface area contributed by atoms with E-state index >= 15 is 0 Å². The number of hydrogen-bond donors (Lipinski definition) is 2. The predicted molar refractivity (Wildman–Crippen MR) is 59.6 cm³/mol. The van der Waals surface area contributed by atoms with E-state index in [-0.39, 0.29) is 0 Å². The summed E-state index contributed by atoms with van der Waals surface area (Å²) in [6.07, 6.45) is 0. The molecule has 0 unspecified atom stereocenters. The fraction of sp³-hybridized carbons (Fsp3) is 0.400. The van der Waals surface area contributed by atoms with Gasteiger partial charge in [0.1, 0.15) is 0 Å². The molecule has 0 fully saturated rings. The summed E-state index contributed by atoms with van der Waals surface area (Å²) < 4.78 is 0. The molecule has 0 amide bonds. The normalized spacial score (nSPS) is 9.21. The Labute approximate surface area is 86.2 Å². The molecule has 3 nitrogen and oxygen atoms in total. The molecule has 0 bridgehead atoms. The Kier molecular flexibility index (Phi) is 8.23. The van der Waals surface area contributed by atoms with Gasteiger partial charge >= 0.3 is 7.25 Å². The van der Waals surface area contributed by atoms with E-state index in [1.807, 2.05) is 50.2 Å². The Balaban J connectivity index is 0.000000249. The van der Waals surface area contributed by atoms with Crippen LogP contribution in [0.3, 0.4) is 0 Å². The number of nitrogens with zero attached hydrogens (tertiary/aromatic N) is 1. The van der Waals surface area contributed by atoms with E-state index in [0.29, 0.717) is 13.1 Å². The molecule has 0 radical (unpaired) electrons. The highest BCUT2D eigenvalue weighted by atomic mass is 16.4. The van der Waals surface area contributed by atoms with Crippen LogP contribution in [0.25, 0.3) is 0 Å². The lowest BCUT2D eigenvalue weighted by Gasteiger charge is -2.14. The zero-order valence-corrected chi connectivity index (χ0v) is 8.80. The van der Waals surface area contributed by atoms with E-state index in [4.69, 9.17) is 10.0 Å². The van der Waals surface area contributed by atoms with Crippen molar-refractivity contribution in [2.75, 3.05) is 13.1 Å². The molecular formula is C10H18BNO2. The molecule has 0 saturated heterocycles. The third-order valence-electron chi connectivity index (χ3n) is 1.81. The van der Waals surface area contributed by atoms with Gasteiger partial charge < -0.3 is 10.0 Å². The molecule has 0 aliphatic rings. The van der Waals surface area contributed by atoms with Gasteiger partial charge in [-0.2, -0.15) is 0 Å². The lowest BCUT2D eigenvalue weighted by atomic mass is 10.1. The largest absolute Gasteiger partial charge is 0.552 e. The molecule has 0 saturated carbocycles. The van der Waals surface area contributed by atoms with Crippen molar-refractivity contribution in [2.24, 2.45) is 0 Å². The first-order chi connectivity index (χ1) is 6.72. The van der Waals surface area contributed by atoms with Gasteiger partial charge in [-0.25, -0.2) is 0 Å². The van der Waals surface area contributed by atoms with Crippen LogP contribution < -0.4 is 0 Å². The van der Waals surface area contributed by atoms with Crippen molar-refractivity contribution in [3.8, 4) is 0 Å². The lowest BCUT2D eigenvalue weighted by Crippen LogP contribution is -2.39. The van der Waals surface area contributed by atoms with Crippen molar-refractivity contribution >= 4 is 7.25 Å². The zero-order chi connectivity index (χ0) is 10.8. The first-order valence-corrected chi connectivity index (χ1v) is 4.82. The van der Waals surface area contributed by atoms with Gasteiger partial charge in [-0.3, -0.25) is 4.81 Å². The van der Waals surface area contributed by atoms with E-state index < -0.39 is 7.25 Å². The highest BCUT2D eigenvalue weighted by molar-refractivity contribution is 6.37. The van der Waals surface area contributed by atoms with Crippen LogP contribution in [-0.2, 0) is 0 Å². The second kappa shape index (κ2) is 8.75. The molecular weight excluding hydrogens is 177 g/mol. The fourth-order valence-electron chi connectivity index (χ4n) is 0.935. The Morgan fingerprint density at radius 3 is 1.21 bits per heavy atom. The van der Waals surface area contributed by atoms with Crippen LogP contribution in [0.4, 0.5) is 0 Å². The minimum atomic E-state index is -1.29. The molecule has 1 aromatic carbocycles. The van der Waals surface area contributed by atoms with Crippen LogP contribution in [0.15, 0.2) is 36.4 Å². The van der Waals surface area contributed by atoms with Gasteiger partial charge in [0.05, 0.1) is 0 Å². The highest BCUT2D eigenvalue weighted by Gasteiger charge is 2.14. The van der Waals surface area contributed by atoms with Crippen LogP contribution in [0.2, 0.25) is 0 Å². The summed E-state index contributed by atoms with van der Waals surface area (Å²) in [5, 5.41) is 17.0. The molecule has 0 heterocycles. The van der Waals surface area contributed by atoms with Gasteiger partial charge in [-0.1, -0.05) is 50.2 Å². The van der Waals surface area contributed by atoms with Crippen LogP contribution >= 0.6 is 0 Å². The van der Waals surface area contributed by atoms with E-state index in [1.165, 1.54) is 4.81 Å². The molecule has 0 atom stereocenters. The first kappa shape index (κ1) is 13.2. The Morgan fingerprint density at radius 2 is 1.14 bits per heavy atom. The summed E-state index contributed by atoms with van der Waals surface area (Å²) in [5.41, 5.74) is 0. The van der Waals surface area contributed by atoms with Crippen LogP contribution in [0.5, 0.6) is 0 Å². The number of hydrogen-bond acceptors (Lipinski definition) is 3. The highest BCUT2D eigenvalue weighted by Crippen LogP contribution is 1.84. The predicted octanol–water partition coefficient (Wildman–Crippen LogP) is 0.984. The third kappa shape index (κ3) is 6.66. The van der Waals surface area contributed by atoms with Crippen molar-refractivity contribution < 1.29 is 10.0 Å². The molecule has 0 aromatic heterocycles. The standard InChI is InChI=1S/C6H6.C4H12BNO2/c1-2-4-6-5-3-1;1-3-6(4-2)5(7)8/h1-6H;7-8H,3-4H2,1-2H3. The maximum Gasteiger partial charge on any atom is 0.552 e. The summed E-state index contributed by atoms with van der Waals surface area (Å²) in [4.78, 5) is 1.53. The van der Waals surface area contributed by atoms with Crippen molar-refractivity contribution in [1.29, 1.82) is 0 Å². The van der Waals surface area contributed by atoms with E-state index in [9.17, 15) is 0 Å². The fourth-order valence-corrected chi connectivity index (χ4v) is 0.935. The van der Waals surface area contributed by atoms with Crippen molar-refractivity contribution in [2.45, 2.75) is 13.8 Å². The lowest BCUT2D eigenvalue weighted by molar-refractivity contribution is 0.285. The summed E-state index contributed by atoms with van der Waals surface area (Å²) in [7, 11) is -1.29. The Morgan fingerprint density at radius 1 is 0.857 bits per heavy atom. The van der Waals surface area contributed by atoms with Gasteiger partial charge in [0.25, 0.3) is 0 Å². The number of benzene rings is 1. The van der Waals surface area contributed by atoms with Crippen LogP contribution in [-0.4, -0.2) is 35.2 Å². The van der Waals surface area contributed by atoms with Gasteiger partial charge in [-0.05, 0) is 13.1 Å². The molecule has 4 heteroatoms. The molecule has 0 aliphatic heterocycles. The summed E-state index contributed by atoms with van der Waals surface area (Å²) >= 11 is 0. The maximum atomic E-state index is 8.49. The summed E-state index contributed by atoms with van der Waals surface area (Å²) in [6.45, 7) is 5.11. The minimum absolute atomic E-state index is 0.675. The van der Waals surface area contributed by atoms with Crippen LogP contribution in [0.1, 0.15) is 13.8 Å². The van der Waals surface area contributed by atoms with E-state index in [2.05, 4.69) is 0 Å². The summed E-state index contributed by atoms with van der Waals surface area (Å²) in [6, 6.07) is 12.0. The van der Waals surface area contributed by atoms with E-state index in [0.717, 1.165) is 0 Å². The SMILES string of the molecule is CCN(CC)B(O)O.c1ccccc1. The zero-order valence-electron chi connectivity index (χ0n) is 8.80. The topological polar surface area (TPSA) is 43.7 Å². The second-order valence-electron chi connectivity index (χ2n) is 2.72.